The third-order valence-corrected chi connectivity index (χ3v) is 3.60. The predicted molar refractivity (Wildman–Crippen MR) is 62.4 cm³/mol. The number of rotatable bonds is 2. The summed E-state index contributed by atoms with van der Waals surface area (Å²) < 4.78 is 0. The van der Waals surface area contributed by atoms with Crippen LogP contribution in [0.3, 0.4) is 0 Å². The molecule has 1 aliphatic heterocycles. The number of nitrogens with two attached hydrogens (primary N) is 1. The van der Waals surface area contributed by atoms with Crippen LogP contribution in [-0.4, -0.2) is 30.4 Å². The van der Waals surface area contributed by atoms with Crippen LogP contribution >= 0.6 is 0 Å². The van der Waals surface area contributed by atoms with E-state index >= 15 is 0 Å². The van der Waals surface area contributed by atoms with Crippen LogP contribution in [0.2, 0.25) is 0 Å². The summed E-state index contributed by atoms with van der Waals surface area (Å²) in [6.45, 7) is 10.8. The summed E-state index contributed by atoms with van der Waals surface area (Å²) in [5.74, 6) is 0.897. The van der Waals surface area contributed by atoms with Gasteiger partial charge in [-0.25, -0.2) is 0 Å². The number of carbonyl (C=O) groups is 1. The van der Waals surface area contributed by atoms with Gasteiger partial charge < -0.3 is 10.6 Å². The molecule has 88 valence electrons. The molecule has 2 unspecified atom stereocenters. The maximum atomic E-state index is 12.1. The zero-order valence-electron chi connectivity index (χ0n) is 10.4. The Kier molecular flexibility index (Phi) is 3.77. The predicted octanol–water partition coefficient (Wildman–Crippen LogP) is 1.48. The SMILES string of the molecule is CC(C(=O)N1CCC(CN)C1)C(C)(C)C. The van der Waals surface area contributed by atoms with E-state index in [0.29, 0.717) is 18.4 Å². The molecule has 0 saturated carbocycles. The molecule has 0 aromatic carbocycles. The average Bonchev–Trinajstić information content (AvgIpc) is 2.62. The number of likely N-dealkylation sites (tertiary alicyclic amines) is 1. The van der Waals surface area contributed by atoms with Crippen molar-refractivity contribution in [1.82, 2.24) is 4.90 Å². The van der Waals surface area contributed by atoms with E-state index in [1.807, 2.05) is 11.8 Å². The molecule has 1 rings (SSSR count). The molecule has 3 nitrogen and oxygen atoms in total. The second-order valence-electron chi connectivity index (χ2n) is 5.76. The third-order valence-electron chi connectivity index (χ3n) is 3.60. The van der Waals surface area contributed by atoms with E-state index in [1.165, 1.54) is 0 Å². The van der Waals surface area contributed by atoms with Gasteiger partial charge in [-0.15, -0.1) is 0 Å². The van der Waals surface area contributed by atoms with Crippen LogP contribution in [0.15, 0.2) is 0 Å². The van der Waals surface area contributed by atoms with Crippen molar-refractivity contribution in [1.29, 1.82) is 0 Å². The number of amides is 1. The molecule has 1 amide bonds. The van der Waals surface area contributed by atoms with E-state index in [2.05, 4.69) is 20.8 Å². The lowest BCUT2D eigenvalue weighted by Crippen LogP contribution is -2.39. The quantitative estimate of drug-likeness (QED) is 0.753. The molecule has 1 fully saturated rings. The van der Waals surface area contributed by atoms with Crippen molar-refractivity contribution in [2.24, 2.45) is 23.0 Å². The second kappa shape index (κ2) is 4.52. The normalized spacial score (nSPS) is 24.3. The molecule has 0 spiro atoms. The molecule has 0 aromatic heterocycles. The van der Waals surface area contributed by atoms with Gasteiger partial charge >= 0.3 is 0 Å². The second-order valence-corrected chi connectivity index (χ2v) is 5.76. The molecule has 1 aliphatic rings. The smallest absolute Gasteiger partial charge is 0.225 e. The van der Waals surface area contributed by atoms with E-state index in [-0.39, 0.29) is 11.3 Å². The van der Waals surface area contributed by atoms with Crippen LogP contribution in [0.25, 0.3) is 0 Å². The van der Waals surface area contributed by atoms with Gasteiger partial charge in [0, 0.05) is 19.0 Å². The Balaban J connectivity index is 2.55. The van der Waals surface area contributed by atoms with Crippen LogP contribution in [-0.2, 0) is 4.79 Å². The number of hydrogen-bond donors (Lipinski definition) is 1. The highest BCUT2D eigenvalue weighted by Gasteiger charge is 2.33. The topological polar surface area (TPSA) is 46.3 Å². The Morgan fingerprint density at radius 1 is 1.53 bits per heavy atom. The van der Waals surface area contributed by atoms with Crippen molar-refractivity contribution in [2.75, 3.05) is 19.6 Å². The first kappa shape index (κ1) is 12.5. The van der Waals surface area contributed by atoms with Crippen LogP contribution in [0, 0.1) is 17.3 Å². The van der Waals surface area contributed by atoms with Gasteiger partial charge in [0.2, 0.25) is 5.91 Å². The highest BCUT2D eigenvalue weighted by molar-refractivity contribution is 5.79. The first-order chi connectivity index (χ1) is 6.86. The van der Waals surface area contributed by atoms with Gasteiger partial charge in [0.25, 0.3) is 0 Å². The van der Waals surface area contributed by atoms with Gasteiger partial charge in [-0.2, -0.15) is 0 Å². The van der Waals surface area contributed by atoms with E-state index < -0.39 is 0 Å². The van der Waals surface area contributed by atoms with Crippen LogP contribution in [0.1, 0.15) is 34.1 Å². The van der Waals surface area contributed by atoms with Crippen molar-refractivity contribution in [3.63, 3.8) is 0 Å². The summed E-state index contributed by atoms with van der Waals surface area (Å²) in [5.41, 5.74) is 5.67. The van der Waals surface area contributed by atoms with Gasteiger partial charge in [-0.1, -0.05) is 27.7 Å². The van der Waals surface area contributed by atoms with Crippen molar-refractivity contribution in [3.8, 4) is 0 Å². The van der Waals surface area contributed by atoms with E-state index in [4.69, 9.17) is 5.73 Å². The van der Waals surface area contributed by atoms with Crippen LogP contribution < -0.4 is 5.73 Å². The summed E-state index contributed by atoms with van der Waals surface area (Å²) in [7, 11) is 0. The van der Waals surface area contributed by atoms with Crippen molar-refractivity contribution < 1.29 is 4.79 Å². The fraction of sp³-hybridized carbons (Fsp3) is 0.917. The van der Waals surface area contributed by atoms with Crippen LogP contribution in [0.4, 0.5) is 0 Å². The molecule has 0 radical (unpaired) electrons. The molecule has 0 bridgehead atoms. The van der Waals surface area contributed by atoms with Gasteiger partial charge in [0.15, 0.2) is 0 Å². The molecule has 0 aromatic rings. The van der Waals surface area contributed by atoms with E-state index in [0.717, 1.165) is 19.5 Å². The number of carbonyl (C=O) groups excluding carboxylic acids is 1. The molecule has 1 heterocycles. The van der Waals surface area contributed by atoms with Gasteiger partial charge in [-0.05, 0) is 24.3 Å². The summed E-state index contributed by atoms with van der Waals surface area (Å²) in [5, 5.41) is 0. The fourth-order valence-electron chi connectivity index (χ4n) is 1.87. The van der Waals surface area contributed by atoms with Crippen LogP contribution in [0.5, 0.6) is 0 Å². The number of nitrogens with zero attached hydrogens (tertiary/aromatic N) is 1. The molecule has 2 atom stereocenters. The Morgan fingerprint density at radius 3 is 2.53 bits per heavy atom. The zero-order valence-corrected chi connectivity index (χ0v) is 10.4. The Hall–Kier alpha value is -0.570. The molecule has 2 N–H and O–H groups in total. The summed E-state index contributed by atoms with van der Waals surface area (Å²) in [6, 6.07) is 0. The Labute approximate surface area is 93.0 Å². The van der Waals surface area contributed by atoms with Crippen molar-refractivity contribution >= 4 is 5.91 Å². The lowest BCUT2D eigenvalue weighted by atomic mass is 9.81. The lowest BCUT2D eigenvalue weighted by Gasteiger charge is -2.30. The largest absolute Gasteiger partial charge is 0.342 e. The lowest BCUT2D eigenvalue weighted by molar-refractivity contribution is -0.137. The first-order valence-corrected chi connectivity index (χ1v) is 5.85. The molecular weight excluding hydrogens is 188 g/mol. The van der Waals surface area contributed by atoms with Gasteiger partial charge in [0.1, 0.15) is 0 Å². The highest BCUT2D eigenvalue weighted by Crippen LogP contribution is 2.28. The maximum absolute atomic E-state index is 12.1. The zero-order chi connectivity index (χ0) is 11.6. The molecule has 15 heavy (non-hydrogen) atoms. The first-order valence-electron chi connectivity index (χ1n) is 5.85. The Morgan fingerprint density at radius 2 is 2.13 bits per heavy atom. The van der Waals surface area contributed by atoms with Crippen molar-refractivity contribution in [2.45, 2.75) is 34.1 Å². The van der Waals surface area contributed by atoms with E-state index in [1.54, 1.807) is 0 Å². The Bertz CT molecular complexity index is 232. The minimum Gasteiger partial charge on any atom is -0.342 e. The average molecular weight is 212 g/mol. The standard InChI is InChI=1S/C12H24N2O/c1-9(12(2,3)4)11(15)14-6-5-10(7-13)8-14/h9-10H,5-8,13H2,1-4H3. The fourth-order valence-corrected chi connectivity index (χ4v) is 1.87. The van der Waals surface area contributed by atoms with Crippen molar-refractivity contribution in [3.05, 3.63) is 0 Å². The minimum atomic E-state index is 0.0535. The third kappa shape index (κ3) is 2.94. The molecule has 0 aliphatic carbocycles. The van der Waals surface area contributed by atoms with E-state index in [9.17, 15) is 4.79 Å². The highest BCUT2D eigenvalue weighted by atomic mass is 16.2. The van der Waals surface area contributed by atoms with Gasteiger partial charge in [0.05, 0.1) is 0 Å². The minimum absolute atomic E-state index is 0.0535. The monoisotopic (exact) mass is 212 g/mol. The maximum Gasteiger partial charge on any atom is 0.225 e. The summed E-state index contributed by atoms with van der Waals surface area (Å²) >= 11 is 0. The number of hydrogen-bond acceptors (Lipinski definition) is 2. The molecule has 1 saturated heterocycles. The van der Waals surface area contributed by atoms with Gasteiger partial charge in [-0.3, -0.25) is 4.79 Å². The summed E-state index contributed by atoms with van der Waals surface area (Å²) in [4.78, 5) is 14.1. The molecular formula is C12H24N2O. The summed E-state index contributed by atoms with van der Waals surface area (Å²) in [6.07, 6.45) is 1.07. The molecule has 3 heteroatoms.